The van der Waals surface area contributed by atoms with E-state index in [4.69, 9.17) is 5.73 Å². The molecule has 2 aromatic rings. The largest absolute Gasteiger partial charge is 0.369 e. The number of hydrogen-bond acceptors (Lipinski definition) is 5. The van der Waals surface area contributed by atoms with Gasteiger partial charge in [0.05, 0.1) is 0 Å². The molecule has 0 aliphatic carbocycles. The normalized spacial score (nSPS) is 10.3. The van der Waals surface area contributed by atoms with Gasteiger partial charge in [0.1, 0.15) is 18.0 Å². The van der Waals surface area contributed by atoms with E-state index in [1.807, 2.05) is 31.2 Å². The number of benzene rings is 1. The standard InChI is InChI=1S/C13H16BrN5/c1-9-2-3-10(14)6-11(9)19-13-7-12(16-5-4-15)17-8-18-13/h2-3,6-8H,4-5,15H2,1H3,(H2,16,17,18,19). The van der Waals surface area contributed by atoms with Gasteiger partial charge < -0.3 is 16.4 Å². The molecule has 5 nitrogen and oxygen atoms in total. The maximum atomic E-state index is 5.45. The molecule has 19 heavy (non-hydrogen) atoms. The summed E-state index contributed by atoms with van der Waals surface area (Å²) in [5.41, 5.74) is 7.61. The second kappa shape index (κ2) is 6.49. The van der Waals surface area contributed by atoms with Crippen LogP contribution in [0.25, 0.3) is 0 Å². The number of anilines is 3. The summed E-state index contributed by atoms with van der Waals surface area (Å²) in [6.07, 6.45) is 1.52. The van der Waals surface area contributed by atoms with Crippen molar-refractivity contribution in [1.29, 1.82) is 0 Å². The summed E-state index contributed by atoms with van der Waals surface area (Å²) in [6.45, 7) is 3.30. The predicted molar refractivity (Wildman–Crippen MR) is 81.7 cm³/mol. The monoisotopic (exact) mass is 321 g/mol. The Morgan fingerprint density at radius 3 is 2.79 bits per heavy atom. The molecule has 0 amide bonds. The summed E-state index contributed by atoms with van der Waals surface area (Å²) >= 11 is 3.46. The molecule has 0 fully saturated rings. The minimum atomic E-state index is 0.567. The number of aromatic nitrogens is 2. The summed E-state index contributed by atoms with van der Waals surface area (Å²) in [7, 11) is 0. The molecule has 0 bridgehead atoms. The van der Waals surface area contributed by atoms with Crippen molar-refractivity contribution >= 4 is 33.3 Å². The lowest BCUT2D eigenvalue weighted by atomic mass is 10.2. The number of halogens is 1. The molecule has 1 aromatic carbocycles. The van der Waals surface area contributed by atoms with Gasteiger partial charge in [-0.2, -0.15) is 0 Å². The minimum absolute atomic E-state index is 0.567. The smallest absolute Gasteiger partial charge is 0.135 e. The molecule has 2 rings (SSSR count). The summed E-state index contributed by atoms with van der Waals surface area (Å²) in [6, 6.07) is 7.93. The summed E-state index contributed by atoms with van der Waals surface area (Å²) < 4.78 is 1.02. The van der Waals surface area contributed by atoms with Crippen LogP contribution in [0, 0.1) is 6.92 Å². The molecule has 0 aliphatic heterocycles. The molecular formula is C13H16BrN5. The molecule has 1 heterocycles. The Balaban J connectivity index is 2.16. The first kappa shape index (κ1) is 13.8. The van der Waals surface area contributed by atoms with E-state index in [-0.39, 0.29) is 0 Å². The lowest BCUT2D eigenvalue weighted by Crippen LogP contribution is -2.14. The van der Waals surface area contributed by atoms with Crippen LogP contribution in [0.4, 0.5) is 17.3 Å². The van der Waals surface area contributed by atoms with Gasteiger partial charge in [-0.15, -0.1) is 0 Å². The predicted octanol–water partition coefficient (Wildman–Crippen LogP) is 2.66. The summed E-state index contributed by atoms with van der Waals surface area (Å²) in [5.74, 6) is 1.51. The van der Waals surface area contributed by atoms with E-state index in [9.17, 15) is 0 Å². The third kappa shape index (κ3) is 3.90. The van der Waals surface area contributed by atoms with Crippen LogP contribution in [0.3, 0.4) is 0 Å². The number of aryl methyl sites for hydroxylation is 1. The Labute approximate surface area is 120 Å². The fourth-order valence-electron chi connectivity index (χ4n) is 1.59. The van der Waals surface area contributed by atoms with Crippen molar-refractivity contribution in [2.75, 3.05) is 23.7 Å². The van der Waals surface area contributed by atoms with Crippen molar-refractivity contribution in [2.24, 2.45) is 5.73 Å². The van der Waals surface area contributed by atoms with Gasteiger partial charge in [-0.3, -0.25) is 0 Å². The quantitative estimate of drug-likeness (QED) is 0.789. The van der Waals surface area contributed by atoms with Crippen molar-refractivity contribution in [1.82, 2.24) is 9.97 Å². The van der Waals surface area contributed by atoms with Gasteiger partial charge in [0.25, 0.3) is 0 Å². The first-order valence-electron chi connectivity index (χ1n) is 5.98. The first-order valence-corrected chi connectivity index (χ1v) is 6.77. The Morgan fingerprint density at radius 2 is 2.00 bits per heavy atom. The zero-order chi connectivity index (χ0) is 13.7. The van der Waals surface area contributed by atoms with Gasteiger partial charge in [-0.25, -0.2) is 9.97 Å². The number of hydrogen-bond donors (Lipinski definition) is 3. The SMILES string of the molecule is Cc1ccc(Br)cc1Nc1cc(NCCN)ncn1. The van der Waals surface area contributed by atoms with Gasteiger partial charge in [0, 0.05) is 29.3 Å². The lowest BCUT2D eigenvalue weighted by Gasteiger charge is -2.10. The Kier molecular flexibility index (Phi) is 4.70. The van der Waals surface area contributed by atoms with Crippen LogP contribution in [0.15, 0.2) is 35.1 Å². The van der Waals surface area contributed by atoms with Crippen LogP contribution >= 0.6 is 15.9 Å². The molecule has 0 aliphatic rings. The van der Waals surface area contributed by atoms with Crippen molar-refractivity contribution < 1.29 is 0 Å². The van der Waals surface area contributed by atoms with Crippen LogP contribution in [-0.4, -0.2) is 23.1 Å². The molecule has 100 valence electrons. The number of nitrogens with two attached hydrogens (primary N) is 1. The summed E-state index contributed by atoms with van der Waals surface area (Å²) in [5, 5.41) is 6.40. The number of rotatable bonds is 5. The highest BCUT2D eigenvalue weighted by Gasteiger charge is 2.02. The number of nitrogens with zero attached hydrogens (tertiary/aromatic N) is 2. The van der Waals surface area contributed by atoms with Crippen LogP contribution in [0.2, 0.25) is 0 Å². The van der Waals surface area contributed by atoms with Crippen molar-refractivity contribution in [2.45, 2.75) is 6.92 Å². The molecule has 0 radical (unpaired) electrons. The van der Waals surface area contributed by atoms with Crippen LogP contribution < -0.4 is 16.4 Å². The molecule has 4 N–H and O–H groups in total. The third-order valence-corrected chi connectivity index (χ3v) is 3.07. The molecule has 0 unspecified atom stereocenters. The van der Waals surface area contributed by atoms with E-state index in [0.717, 1.165) is 27.4 Å². The highest BCUT2D eigenvalue weighted by atomic mass is 79.9. The lowest BCUT2D eigenvalue weighted by molar-refractivity contribution is 1.00. The molecule has 0 saturated heterocycles. The van der Waals surface area contributed by atoms with Gasteiger partial charge in [0.15, 0.2) is 0 Å². The average Bonchev–Trinajstić information content (AvgIpc) is 2.41. The molecule has 0 saturated carbocycles. The third-order valence-electron chi connectivity index (χ3n) is 2.58. The van der Waals surface area contributed by atoms with E-state index in [1.54, 1.807) is 0 Å². The zero-order valence-electron chi connectivity index (χ0n) is 10.7. The van der Waals surface area contributed by atoms with E-state index in [0.29, 0.717) is 13.1 Å². The van der Waals surface area contributed by atoms with Crippen LogP contribution in [0.5, 0.6) is 0 Å². The summed E-state index contributed by atoms with van der Waals surface area (Å²) in [4.78, 5) is 8.34. The fraction of sp³-hybridized carbons (Fsp3) is 0.231. The van der Waals surface area contributed by atoms with Gasteiger partial charge in [-0.1, -0.05) is 22.0 Å². The molecule has 6 heteroatoms. The van der Waals surface area contributed by atoms with Gasteiger partial charge >= 0.3 is 0 Å². The van der Waals surface area contributed by atoms with E-state index < -0.39 is 0 Å². The highest BCUT2D eigenvalue weighted by Crippen LogP contribution is 2.24. The molecule has 0 atom stereocenters. The molecular weight excluding hydrogens is 306 g/mol. The fourth-order valence-corrected chi connectivity index (χ4v) is 1.95. The van der Waals surface area contributed by atoms with Crippen LogP contribution in [-0.2, 0) is 0 Å². The Bertz CT molecular complexity index is 558. The van der Waals surface area contributed by atoms with Gasteiger partial charge in [-0.05, 0) is 24.6 Å². The van der Waals surface area contributed by atoms with Gasteiger partial charge in [0.2, 0.25) is 0 Å². The maximum Gasteiger partial charge on any atom is 0.135 e. The maximum absolute atomic E-state index is 5.45. The van der Waals surface area contributed by atoms with Crippen molar-refractivity contribution in [3.05, 3.63) is 40.6 Å². The van der Waals surface area contributed by atoms with Crippen molar-refractivity contribution in [3.8, 4) is 0 Å². The second-order valence-corrected chi connectivity index (χ2v) is 5.00. The minimum Gasteiger partial charge on any atom is -0.369 e. The zero-order valence-corrected chi connectivity index (χ0v) is 12.2. The van der Waals surface area contributed by atoms with E-state index >= 15 is 0 Å². The molecule has 1 aromatic heterocycles. The van der Waals surface area contributed by atoms with E-state index in [1.165, 1.54) is 6.33 Å². The Hall–Kier alpha value is -1.66. The van der Waals surface area contributed by atoms with E-state index in [2.05, 4.69) is 36.5 Å². The first-order chi connectivity index (χ1) is 9.19. The number of nitrogens with one attached hydrogen (secondary N) is 2. The second-order valence-electron chi connectivity index (χ2n) is 4.09. The molecule has 0 spiro atoms. The van der Waals surface area contributed by atoms with Crippen molar-refractivity contribution in [3.63, 3.8) is 0 Å². The highest BCUT2D eigenvalue weighted by molar-refractivity contribution is 9.10. The topological polar surface area (TPSA) is 75.9 Å². The van der Waals surface area contributed by atoms with Crippen LogP contribution in [0.1, 0.15) is 5.56 Å². The average molecular weight is 322 g/mol. The Morgan fingerprint density at radius 1 is 1.21 bits per heavy atom.